The zero-order valence-corrected chi connectivity index (χ0v) is 14.8. The molecule has 0 aromatic rings. The second-order valence-corrected chi connectivity index (χ2v) is 6.55. The van der Waals surface area contributed by atoms with Crippen molar-refractivity contribution < 1.29 is 34.2 Å². The summed E-state index contributed by atoms with van der Waals surface area (Å²) in [5.74, 6) is -3.37. The largest absolute Gasteiger partial charge is 0.478 e. The summed E-state index contributed by atoms with van der Waals surface area (Å²) in [6.07, 6.45) is 5.03. The van der Waals surface area contributed by atoms with Crippen LogP contribution >= 0.6 is 0 Å². The minimum absolute atomic E-state index is 0.00507. The van der Waals surface area contributed by atoms with E-state index in [1.54, 1.807) is 0 Å². The molecule has 27 heavy (non-hydrogen) atoms. The van der Waals surface area contributed by atoms with E-state index in [4.69, 9.17) is 10.2 Å². The second-order valence-electron chi connectivity index (χ2n) is 6.55. The average Bonchev–Trinajstić information content (AvgIpc) is 2.92. The first-order valence-electron chi connectivity index (χ1n) is 8.81. The summed E-state index contributed by atoms with van der Waals surface area (Å²) >= 11 is 0. The molecule has 0 spiro atoms. The SMILES string of the molecule is O=C(CCCCCN1C(=O)C=CC1=O)NC1CCC(C(=O)O)=C(C(=O)O)C1. The first-order chi connectivity index (χ1) is 12.8. The highest BCUT2D eigenvalue weighted by Crippen LogP contribution is 2.25. The Hall–Kier alpha value is -2.97. The molecule has 1 heterocycles. The number of hydrogen-bond acceptors (Lipinski definition) is 5. The van der Waals surface area contributed by atoms with Gasteiger partial charge in [-0.2, -0.15) is 0 Å². The van der Waals surface area contributed by atoms with Gasteiger partial charge in [0.15, 0.2) is 0 Å². The molecule has 0 saturated carbocycles. The van der Waals surface area contributed by atoms with Crippen molar-refractivity contribution in [2.75, 3.05) is 6.54 Å². The Morgan fingerprint density at radius 1 is 1.00 bits per heavy atom. The molecule has 3 N–H and O–H groups in total. The minimum atomic E-state index is -1.27. The molecule has 1 atom stereocenters. The lowest BCUT2D eigenvalue weighted by Crippen LogP contribution is -2.38. The van der Waals surface area contributed by atoms with Crippen LogP contribution in [-0.2, 0) is 24.0 Å². The van der Waals surface area contributed by atoms with Crippen molar-refractivity contribution in [3.8, 4) is 0 Å². The summed E-state index contributed by atoms with van der Waals surface area (Å²) in [4.78, 5) is 58.2. The van der Waals surface area contributed by atoms with Crippen LogP contribution in [0, 0.1) is 0 Å². The molecule has 0 aromatic carbocycles. The van der Waals surface area contributed by atoms with Crippen molar-refractivity contribution in [1.29, 1.82) is 0 Å². The monoisotopic (exact) mass is 378 g/mol. The van der Waals surface area contributed by atoms with Gasteiger partial charge in [-0.15, -0.1) is 0 Å². The predicted octanol–water partition coefficient (Wildman–Crippen LogP) is 0.606. The number of aliphatic carboxylic acids is 2. The van der Waals surface area contributed by atoms with Crippen molar-refractivity contribution in [2.24, 2.45) is 0 Å². The first-order valence-corrected chi connectivity index (χ1v) is 8.81. The summed E-state index contributed by atoms with van der Waals surface area (Å²) in [6.45, 7) is 0.319. The molecule has 2 rings (SSSR count). The van der Waals surface area contributed by atoms with Crippen LogP contribution in [0.15, 0.2) is 23.3 Å². The number of nitrogens with one attached hydrogen (secondary N) is 1. The fraction of sp³-hybridized carbons (Fsp3) is 0.500. The van der Waals surface area contributed by atoms with E-state index in [-0.39, 0.29) is 48.1 Å². The third-order valence-electron chi connectivity index (χ3n) is 4.63. The van der Waals surface area contributed by atoms with Gasteiger partial charge in [0.1, 0.15) is 0 Å². The number of carbonyl (C=O) groups excluding carboxylic acids is 3. The van der Waals surface area contributed by atoms with E-state index in [1.165, 1.54) is 12.2 Å². The van der Waals surface area contributed by atoms with E-state index in [2.05, 4.69) is 5.32 Å². The molecule has 9 nitrogen and oxygen atoms in total. The molecule has 9 heteroatoms. The van der Waals surface area contributed by atoms with E-state index < -0.39 is 18.0 Å². The number of nitrogens with zero attached hydrogens (tertiary/aromatic N) is 1. The molecule has 146 valence electrons. The summed E-state index contributed by atoms with van der Waals surface area (Å²) in [5.41, 5.74) is -0.263. The highest BCUT2D eigenvalue weighted by Gasteiger charge is 2.29. The molecule has 1 aliphatic heterocycles. The van der Waals surface area contributed by atoms with Crippen molar-refractivity contribution in [3.05, 3.63) is 23.3 Å². The van der Waals surface area contributed by atoms with Crippen LogP contribution < -0.4 is 5.32 Å². The van der Waals surface area contributed by atoms with Crippen LogP contribution in [0.2, 0.25) is 0 Å². The zero-order chi connectivity index (χ0) is 20.0. The van der Waals surface area contributed by atoms with Crippen molar-refractivity contribution in [2.45, 2.75) is 51.0 Å². The highest BCUT2D eigenvalue weighted by atomic mass is 16.4. The molecule has 1 unspecified atom stereocenters. The van der Waals surface area contributed by atoms with Crippen LogP contribution in [0.5, 0.6) is 0 Å². The Morgan fingerprint density at radius 3 is 2.22 bits per heavy atom. The third kappa shape index (κ3) is 5.50. The molecule has 2 aliphatic rings. The topological polar surface area (TPSA) is 141 Å². The fourth-order valence-electron chi connectivity index (χ4n) is 3.20. The quantitative estimate of drug-likeness (QED) is 0.394. The Labute approximate surface area is 155 Å². The zero-order valence-electron chi connectivity index (χ0n) is 14.8. The Kier molecular flexibility index (Phi) is 6.86. The third-order valence-corrected chi connectivity index (χ3v) is 4.63. The van der Waals surface area contributed by atoms with Gasteiger partial charge >= 0.3 is 11.9 Å². The summed E-state index contributed by atoms with van der Waals surface area (Å²) in [7, 11) is 0. The van der Waals surface area contributed by atoms with E-state index in [0.717, 1.165) is 4.90 Å². The van der Waals surface area contributed by atoms with E-state index in [9.17, 15) is 24.0 Å². The standard InChI is InChI=1S/C18H22N2O7/c21-14(4-2-1-3-9-20-15(22)7-8-16(20)23)19-11-5-6-12(17(24)25)13(10-11)18(26)27/h7-8,11H,1-6,9-10H2,(H,19,21)(H,24,25)(H,26,27). The molecular formula is C18H22N2O7. The van der Waals surface area contributed by atoms with Gasteiger partial charge in [0, 0.05) is 48.7 Å². The molecular weight excluding hydrogens is 356 g/mol. The molecule has 0 fully saturated rings. The van der Waals surface area contributed by atoms with Crippen LogP contribution in [0.4, 0.5) is 0 Å². The van der Waals surface area contributed by atoms with Gasteiger partial charge in [0.05, 0.1) is 0 Å². The van der Waals surface area contributed by atoms with Crippen molar-refractivity contribution in [3.63, 3.8) is 0 Å². The number of amides is 3. The Balaban J connectivity index is 1.69. The smallest absolute Gasteiger partial charge is 0.332 e. The lowest BCUT2D eigenvalue weighted by Gasteiger charge is -2.24. The Bertz CT molecular complexity index is 705. The van der Waals surface area contributed by atoms with E-state index >= 15 is 0 Å². The summed E-state index contributed by atoms with van der Waals surface area (Å²) in [6, 6.07) is -0.391. The number of hydrogen-bond donors (Lipinski definition) is 3. The van der Waals surface area contributed by atoms with Gasteiger partial charge in [0.25, 0.3) is 11.8 Å². The number of carbonyl (C=O) groups is 5. The van der Waals surface area contributed by atoms with Gasteiger partial charge in [-0.05, 0) is 25.7 Å². The lowest BCUT2D eigenvalue weighted by atomic mass is 9.88. The number of imide groups is 1. The van der Waals surface area contributed by atoms with Crippen LogP contribution in [-0.4, -0.2) is 57.4 Å². The van der Waals surface area contributed by atoms with E-state index in [0.29, 0.717) is 32.2 Å². The number of carboxylic acids is 2. The van der Waals surface area contributed by atoms with Gasteiger partial charge in [-0.3, -0.25) is 19.3 Å². The predicted molar refractivity (Wildman–Crippen MR) is 92.4 cm³/mol. The maximum Gasteiger partial charge on any atom is 0.332 e. The maximum atomic E-state index is 12.0. The maximum absolute atomic E-state index is 12.0. The molecule has 0 saturated heterocycles. The first kappa shape index (κ1) is 20.3. The fourth-order valence-corrected chi connectivity index (χ4v) is 3.20. The molecule has 0 aromatic heterocycles. The van der Waals surface area contributed by atoms with Crippen molar-refractivity contribution >= 4 is 29.7 Å². The van der Waals surface area contributed by atoms with E-state index in [1.807, 2.05) is 0 Å². The second kappa shape index (κ2) is 9.11. The van der Waals surface area contributed by atoms with Gasteiger partial charge in [-0.25, -0.2) is 9.59 Å². The van der Waals surface area contributed by atoms with Crippen LogP contribution in [0.1, 0.15) is 44.9 Å². The van der Waals surface area contributed by atoms with Crippen LogP contribution in [0.25, 0.3) is 0 Å². The number of carboxylic acid groups (broad SMARTS) is 2. The summed E-state index contributed by atoms with van der Waals surface area (Å²) in [5, 5.41) is 20.9. The normalized spacial score (nSPS) is 19.6. The van der Waals surface area contributed by atoms with Crippen molar-refractivity contribution in [1.82, 2.24) is 10.2 Å². The number of unbranched alkanes of at least 4 members (excludes halogenated alkanes) is 2. The summed E-state index contributed by atoms with van der Waals surface area (Å²) < 4.78 is 0. The molecule has 3 amide bonds. The molecule has 0 bridgehead atoms. The average molecular weight is 378 g/mol. The Morgan fingerprint density at radius 2 is 1.63 bits per heavy atom. The minimum Gasteiger partial charge on any atom is -0.478 e. The van der Waals surface area contributed by atoms with Gasteiger partial charge < -0.3 is 15.5 Å². The lowest BCUT2D eigenvalue weighted by molar-refractivity contribution is -0.137. The highest BCUT2D eigenvalue weighted by molar-refractivity contribution is 6.12. The van der Waals surface area contributed by atoms with Gasteiger partial charge in [0.2, 0.25) is 5.91 Å². The van der Waals surface area contributed by atoms with Gasteiger partial charge in [-0.1, -0.05) is 6.42 Å². The molecule has 0 radical (unpaired) electrons. The molecule has 1 aliphatic carbocycles. The van der Waals surface area contributed by atoms with Crippen LogP contribution in [0.3, 0.4) is 0 Å². The number of rotatable bonds is 9.